The van der Waals surface area contributed by atoms with Crippen molar-refractivity contribution in [1.82, 2.24) is 0 Å². The number of fused-ring (bicyclic) bond motifs is 1. The SMILES string of the molecule is CCOc1c(Cl)cc(C=C2Oc3cc(O)ccc3C2=O)cc1OC. The molecule has 0 amide bonds. The van der Waals surface area contributed by atoms with E-state index >= 15 is 0 Å². The molecule has 0 saturated heterocycles. The van der Waals surface area contributed by atoms with Gasteiger partial charge in [0.05, 0.1) is 24.3 Å². The molecule has 0 unspecified atom stereocenters. The fourth-order valence-corrected chi connectivity index (χ4v) is 2.71. The lowest BCUT2D eigenvalue weighted by atomic mass is 10.1. The second-order valence-electron chi connectivity index (χ2n) is 5.09. The number of Topliss-reactive ketones (excluding diaryl/α,β-unsaturated/α-hetero) is 1. The van der Waals surface area contributed by atoms with Crippen molar-refractivity contribution in [3.05, 3.63) is 52.2 Å². The minimum Gasteiger partial charge on any atom is -0.508 e. The Morgan fingerprint density at radius 3 is 2.79 bits per heavy atom. The largest absolute Gasteiger partial charge is 0.508 e. The third-order valence-electron chi connectivity index (χ3n) is 3.49. The van der Waals surface area contributed by atoms with Crippen LogP contribution in [0.15, 0.2) is 36.1 Å². The summed E-state index contributed by atoms with van der Waals surface area (Å²) in [5, 5.41) is 9.86. The van der Waals surface area contributed by atoms with E-state index in [1.54, 1.807) is 18.2 Å². The van der Waals surface area contributed by atoms with Crippen LogP contribution in [0.3, 0.4) is 0 Å². The third-order valence-corrected chi connectivity index (χ3v) is 3.77. The summed E-state index contributed by atoms with van der Waals surface area (Å²) in [6.45, 7) is 2.31. The first-order valence-corrected chi connectivity index (χ1v) is 7.69. The van der Waals surface area contributed by atoms with Crippen molar-refractivity contribution >= 4 is 23.5 Å². The molecule has 124 valence electrons. The molecule has 0 fully saturated rings. The Hall–Kier alpha value is -2.66. The summed E-state index contributed by atoms with van der Waals surface area (Å²) >= 11 is 6.23. The molecule has 2 aromatic carbocycles. The van der Waals surface area contributed by atoms with Crippen LogP contribution in [0.5, 0.6) is 23.0 Å². The number of methoxy groups -OCH3 is 1. The number of rotatable bonds is 4. The number of carbonyl (C=O) groups is 1. The summed E-state index contributed by atoms with van der Waals surface area (Å²) in [6.07, 6.45) is 1.57. The van der Waals surface area contributed by atoms with E-state index in [9.17, 15) is 9.90 Å². The summed E-state index contributed by atoms with van der Waals surface area (Å²) in [4.78, 5) is 12.4. The van der Waals surface area contributed by atoms with E-state index in [1.165, 1.54) is 25.3 Å². The van der Waals surface area contributed by atoms with Gasteiger partial charge in [-0.3, -0.25) is 4.79 Å². The minimum atomic E-state index is -0.256. The Bertz CT molecular complexity index is 842. The zero-order valence-electron chi connectivity index (χ0n) is 13.1. The average Bonchev–Trinajstić information content (AvgIpc) is 2.85. The highest BCUT2D eigenvalue weighted by Crippen LogP contribution is 2.38. The Labute approximate surface area is 144 Å². The van der Waals surface area contributed by atoms with E-state index in [0.717, 1.165) is 0 Å². The second-order valence-corrected chi connectivity index (χ2v) is 5.49. The maximum Gasteiger partial charge on any atom is 0.231 e. The van der Waals surface area contributed by atoms with Crippen LogP contribution in [0.25, 0.3) is 6.08 Å². The number of carbonyl (C=O) groups excluding carboxylic acids is 1. The predicted molar refractivity (Wildman–Crippen MR) is 90.2 cm³/mol. The van der Waals surface area contributed by atoms with Gasteiger partial charge in [0.2, 0.25) is 5.78 Å². The zero-order chi connectivity index (χ0) is 17.3. The van der Waals surface area contributed by atoms with Crippen LogP contribution in [0.1, 0.15) is 22.8 Å². The van der Waals surface area contributed by atoms with E-state index < -0.39 is 0 Å². The number of hydrogen-bond donors (Lipinski definition) is 1. The Kier molecular flexibility index (Phi) is 4.36. The Morgan fingerprint density at radius 2 is 2.08 bits per heavy atom. The van der Waals surface area contributed by atoms with E-state index in [-0.39, 0.29) is 17.3 Å². The highest BCUT2D eigenvalue weighted by molar-refractivity contribution is 6.32. The number of ketones is 1. The maximum atomic E-state index is 12.4. The Morgan fingerprint density at radius 1 is 1.29 bits per heavy atom. The topological polar surface area (TPSA) is 65.0 Å². The van der Waals surface area contributed by atoms with Crippen LogP contribution in [0.4, 0.5) is 0 Å². The first-order valence-electron chi connectivity index (χ1n) is 7.31. The van der Waals surface area contributed by atoms with Crippen molar-refractivity contribution in [2.75, 3.05) is 13.7 Å². The second kappa shape index (κ2) is 6.45. The fraction of sp³-hybridized carbons (Fsp3) is 0.167. The molecule has 0 saturated carbocycles. The number of phenols is 1. The van der Waals surface area contributed by atoms with Gasteiger partial charge < -0.3 is 19.3 Å². The molecule has 0 aliphatic carbocycles. The molecule has 2 aromatic rings. The molecule has 1 N–H and O–H groups in total. The number of halogens is 1. The minimum absolute atomic E-state index is 0.0357. The molecule has 1 aliphatic rings. The van der Waals surface area contributed by atoms with Gasteiger partial charge in [-0.2, -0.15) is 0 Å². The molecule has 0 spiro atoms. The number of ether oxygens (including phenoxy) is 3. The number of phenolic OH excluding ortho intramolecular Hbond substituents is 1. The molecule has 5 nitrogen and oxygen atoms in total. The van der Waals surface area contributed by atoms with E-state index in [0.29, 0.717) is 40.0 Å². The van der Waals surface area contributed by atoms with Crippen LogP contribution < -0.4 is 14.2 Å². The lowest BCUT2D eigenvalue weighted by Gasteiger charge is -2.12. The van der Waals surface area contributed by atoms with Crippen LogP contribution in [0, 0.1) is 0 Å². The van der Waals surface area contributed by atoms with Crippen LogP contribution >= 0.6 is 11.6 Å². The molecule has 0 aromatic heterocycles. The molecule has 1 aliphatic heterocycles. The number of benzene rings is 2. The average molecular weight is 347 g/mol. The zero-order valence-corrected chi connectivity index (χ0v) is 13.9. The molecular weight excluding hydrogens is 332 g/mol. The predicted octanol–water partition coefficient (Wildman–Crippen LogP) is 4.07. The standard InChI is InChI=1S/C18H15ClO5/c1-3-23-18-13(19)6-10(8-16(18)22-2)7-15-17(21)12-5-4-11(20)9-14(12)24-15/h4-9,20H,3H2,1-2H3. The first kappa shape index (κ1) is 16.2. The quantitative estimate of drug-likeness (QED) is 0.845. The highest BCUT2D eigenvalue weighted by atomic mass is 35.5. The first-order chi connectivity index (χ1) is 11.5. The van der Waals surface area contributed by atoms with Crippen LogP contribution in [-0.2, 0) is 0 Å². The van der Waals surface area contributed by atoms with Crippen LogP contribution in [-0.4, -0.2) is 24.6 Å². The summed E-state index contributed by atoms with van der Waals surface area (Å²) in [5.74, 6) is 1.18. The van der Waals surface area contributed by atoms with Crippen molar-refractivity contribution in [3.8, 4) is 23.0 Å². The maximum absolute atomic E-state index is 12.4. The van der Waals surface area contributed by atoms with E-state index in [1.807, 2.05) is 6.92 Å². The van der Waals surface area contributed by atoms with Gasteiger partial charge in [-0.05, 0) is 42.8 Å². The molecule has 6 heteroatoms. The van der Waals surface area contributed by atoms with Crippen molar-refractivity contribution in [2.45, 2.75) is 6.92 Å². The highest BCUT2D eigenvalue weighted by Gasteiger charge is 2.27. The van der Waals surface area contributed by atoms with Gasteiger partial charge in [0.25, 0.3) is 0 Å². The fourth-order valence-electron chi connectivity index (χ4n) is 2.43. The van der Waals surface area contributed by atoms with Gasteiger partial charge in [0.15, 0.2) is 17.3 Å². The van der Waals surface area contributed by atoms with Crippen molar-refractivity contribution in [2.24, 2.45) is 0 Å². The van der Waals surface area contributed by atoms with Gasteiger partial charge in [-0.1, -0.05) is 11.6 Å². The monoisotopic (exact) mass is 346 g/mol. The molecule has 3 rings (SSSR count). The summed E-state index contributed by atoms with van der Waals surface area (Å²) in [7, 11) is 1.51. The van der Waals surface area contributed by atoms with Crippen molar-refractivity contribution in [1.29, 1.82) is 0 Å². The van der Waals surface area contributed by atoms with Gasteiger partial charge in [-0.15, -0.1) is 0 Å². The smallest absolute Gasteiger partial charge is 0.231 e. The van der Waals surface area contributed by atoms with Gasteiger partial charge in [-0.25, -0.2) is 0 Å². The summed E-state index contributed by atoms with van der Waals surface area (Å²) in [5.41, 5.74) is 1.05. The lowest BCUT2D eigenvalue weighted by molar-refractivity contribution is 0.101. The molecule has 0 radical (unpaired) electrons. The van der Waals surface area contributed by atoms with Crippen molar-refractivity contribution < 1.29 is 24.1 Å². The van der Waals surface area contributed by atoms with E-state index in [2.05, 4.69) is 0 Å². The molecule has 0 bridgehead atoms. The van der Waals surface area contributed by atoms with Crippen LogP contribution in [0.2, 0.25) is 5.02 Å². The molecule has 24 heavy (non-hydrogen) atoms. The number of hydrogen-bond acceptors (Lipinski definition) is 5. The van der Waals surface area contributed by atoms with Gasteiger partial charge >= 0.3 is 0 Å². The number of aromatic hydroxyl groups is 1. The van der Waals surface area contributed by atoms with Crippen molar-refractivity contribution in [3.63, 3.8) is 0 Å². The molecule has 0 atom stereocenters. The lowest BCUT2D eigenvalue weighted by Crippen LogP contribution is -1.99. The molecular formula is C18H15ClO5. The van der Waals surface area contributed by atoms with Gasteiger partial charge in [0, 0.05) is 6.07 Å². The summed E-state index contributed by atoms with van der Waals surface area (Å²) in [6, 6.07) is 7.75. The third kappa shape index (κ3) is 2.90. The number of allylic oxidation sites excluding steroid dienone is 1. The summed E-state index contributed by atoms with van der Waals surface area (Å²) < 4.78 is 16.3. The van der Waals surface area contributed by atoms with Gasteiger partial charge in [0.1, 0.15) is 11.5 Å². The van der Waals surface area contributed by atoms with E-state index in [4.69, 9.17) is 25.8 Å². The normalized spacial score (nSPS) is 14.5. The molecule has 1 heterocycles. The Balaban J connectivity index is 1.98.